The number of nitrogens with zero attached hydrogens (tertiary/aromatic N) is 1. The van der Waals surface area contributed by atoms with E-state index in [1.165, 1.54) is 31.3 Å². The van der Waals surface area contributed by atoms with Crippen molar-refractivity contribution in [2.24, 2.45) is 11.3 Å². The van der Waals surface area contributed by atoms with Crippen LogP contribution in [0.25, 0.3) is 0 Å². The van der Waals surface area contributed by atoms with E-state index >= 15 is 0 Å². The predicted molar refractivity (Wildman–Crippen MR) is 55.1 cm³/mol. The van der Waals surface area contributed by atoms with Crippen LogP contribution in [-0.4, -0.2) is 0 Å². The van der Waals surface area contributed by atoms with Crippen LogP contribution in [0.1, 0.15) is 46.0 Å². The van der Waals surface area contributed by atoms with Gasteiger partial charge >= 0.3 is 0 Å². The molecule has 1 rings (SSSR count). The van der Waals surface area contributed by atoms with Gasteiger partial charge in [-0.15, -0.1) is 0 Å². The molecule has 0 spiro atoms. The highest BCUT2D eigenvalue weighted by molar-refractivity contribution is 5.00. The molecule has 0 amide bonds. The fraction of sp³-hybridized carbons (Fsp3) is 0.750. The summed E-state index contributed by atoms with van der Waals surface area (Å²) in [4.78, 5) is 0. The smallest absolute Gasteiger partial charge is 0.0627 e. The van der Waals surface area contributed by atoms with Crippen molar-refractivity contribution in [2.45, 2.75) is 46.0 Å². The van der Waals surface area contributed by atoms with Gasteiger partial charge in [-0.05, 0) is 43.9 Å². The lowest BCUT2D eigenvalue weighted by Crippen LogP contribution is -2.24. The Morgan fingerprint density at radius 1 is 1.54 bits per heavy atom. The molecule has 1 heteroatoms. The van der Waals surface area contributed by atoms with Crippen molar-refractivity contribution in [3.05, 3.63) is 12.2 Å². The monoisotopic (exact) mass is 177 g/mol. The second kappa shape index (κ2) is 3.96. The first-order valence-electron chi connectivity index (χ1n) is 5.10. The molecular weight excluding hydrogens is 158 g/mol. The highest BCUT2D eigenvalue weighted by atomic mass is 14.4. The summed E-state index contributed by atoms with van der Waals surface area (Å²) in [5, 5.41) is 8.69. The molecule has 0 aromatic rings. The lowest BCUT2D eigenvalue weighted by atomic mass is 9.69. The molecule has 1 saturated carbocycles. The molecule has 13 heavy (non-hydrogen) atoms. The first-order chi connectivity index (χ1) is 6.07. The number of hydrogen-bond acceptors (Lipinski definition) is 1. The van der Waals surface area contributed by atoms with Gasteiger partial charge in [0.15, 0.2) is 0 Å². The van der Waals surface area contributed by atoms with E-state index in [4.69, 9.17) is 5.26 Å². The first kappa shape index (κ1) is 10.3. The predicted octanol–water partition coefficient (Wildman–Crippen LogP) is 3.67. The molecule has 0 unspecified atom stereocenters. The Balaban J connectivity index is 2.47. The second-order valence-electron chi connectivity index (χ2n) is 4.77. The maximum atomic E-state index is 8.69. The van der Waals surface area contributed by atoms with E-state index in [9.17, 15) is 0 Å². The minimum Gasteiger partial charge on any atom is -0.198 e. The van der Waals surface area contributed by atoms with E-state index in [2.05, 4.69) is 26.5 Å². The molecule has 0 aromatic heterocycles. The highest BCUT2D eigenvalue weighted by Gasteiger charge is 2.30. The van der Waals surface area contributed by atoms with Crippen LogP contribution in [0.2, 0.25) is 0 Å². The summed E-state index contributed by atoms with van der Waals surface area (Å²) in [5.41, 5.74) is 1.61. The maximum Gasteiger partial charge on any atom is 0.0627 e. The molecule has 0 aliphatic heterocycles. The van der Waals surface area contributed by atoms with Gasteiger partial charge in [-0.2, -0.15) is 5.26 Å². The van der Waals surface area contributed by atoms with Crippen molar-refractivity contribution in [3.63, 3.8) is 0 Å². The fourth-order valence-corrected chi connectivity index (χ4v) is 2.18. The van der Waals surface area contributed by atoms with Crippen LogP contribution in [0, 0.1) is 22.7 Å². The lowest BCUT2D eigenvalue weighted by molar-refractivity contribution is 0.190. The lowest BCUT2D eigenvalue weighted by Gasteiger charge is -2.35. The summed E-state index contributed by atoms with van der Waals surface area (Å²) in [6, 6.07) is 2.30. The third-order valence-corrected chi connectivity index (χ3v) is 3.40. The molecule has 1 fully saturated rings. The number of nitriles is 1. The van der Waals surface area contributed by atoms with Crippen LogP contribution in [0.4, 0.5) is 0 Å². The maximum absolute atomic E-state index is 8.69. The molecule has 0 bridgehead atoms. The minimum atomic E-state index is 0.292. The molecular formula is C12H19N. The van der Waals surface area contributed by atoms with Gasteiger partial charge in [0.05, 0.1) is 6.07 Å². The van der Waals surface area contributed by atoms with Crippen molar-refractivity contribution in [1.82, 2.24) is 0 Å². The van der Waals surface area contributed by atoms with Gasteiger partial charge in [0.2, 0.25) is 0 Å². The van der Waals surface area contributed by atoms with E-state index in [1.807, 2.05) is 0 Å². The SMILES string of the molecule is C=C(C)C1CCC(C)(CC#N)CC1. The number of rotatable bonds is 2. The van der Waals surface area contributed by atoms with Gasteiger partial charge in [0.25, 0.3) is 0 Å². The molecule has 0 heterocycles. The van der Waals surface area contributed by atoms with Crippen LogP contribution >= 0.6 is 0 Å². The molecule has 0 aromatic carbocycles. The van der Waals surface area contributed by atoms with Crippen molar-refractivity contribution in [1.29, 1.82) is 5.26 Å². The van der Waals surface area contributed by atoms with Crippen molar-refractivity contribution < 1.29 is 0 Å². The van der Waals surface area contributed by atoms with Crippen molar-refractivity contribution in [3.8, 4) is 6.07 Å². The third kappa shape index (κ3) is 2.59. The largest absolute Gasteiger partial charge is 0.198 e. The Bertz CT molecular complexity index is 226. The highest BCUT2D eigenvalue weighted by Crippen LogP contribution is 2.42. The number of hydrogen-bond donors (Lipinski definition) is 0. The number of allylic oxidation sites excluding steroid dienone is 1. The van der Waals surface area contributed by atoms with Crippen molar-refractivity contribution in [2.75, 3.05) is 0 Å². The van der Waals surface area contributed by atoms with Crippen LogP contribution in [0.3, 0.4) is 0 Å². The zero-order chi connectivity index (χ0) is 9.90. The summed E-state index contributed by atoms with van der Waals surface area (Å²) >= 11 is 0. The van der Waals surface area contributed by atoms with Gasteiger partial charge < -0.3 is 0 Å². The zero-order valence-electron chi connectivity index (χ0n) is 8.77. The fourth-order valence-electron chi connectivity index (χ4n) is 2.18. The average molecular weight is 177 g/mol. The van der Waals surface area contributed by atoms with Gasteiger partial charge in [-0.1, -0.05) is 19.1 Å². The average Bonchev–Trinajstić information content (AvgIpc) is 2.05. The molecule has 1 aliphatic carbocycles. The Morgan fingerprint density at radius 2 is 2.08 bits per heavy atom. The molecule has 0 N–H and O–H groups in total. The van der Waals surface area contributed by atoms with Gasteiger partial charge in [0.1, 0.15) is 0 Å². The van der Waals surface area contributed by atoms with Crippen LogP contribution < -0.4 is 0 Å². The summed E-state index contributed by atoms with van der Waals surface area (Å²) in [6.07, 6.45) is 5.56. The summed E-state index contributed by atoms with van der Waals surface area (Å²) in [7, 11) is 0. The van der Waals surface area contributed by atoms with Gasteiger partial charge in [0, 0.05) is 6.42 Å². The van der Waals surface area contributed by atoms with E-state index in [0.29, 0.717) is 11.3 Å². The quantitative estimate of drug-likeness (QED) is 0.590. The Morgan fingerprint density at radius 3 is 2.46 bits per heavy atom. The Hall–Kier alpha value is -0.770. The van der Waals surface area contributed by atoms with Crippen LogP contribution in [0.5, 0.6) is 0 Å². The first-order valence-corrected chi connectivity index (χ1v) is 5.10. The topological polar surface area (TPSA) is 23.8 Å². The second-order valence-corrected chi connectivity index (χ2v) is 4.77. The minimum absolute atomic E-state index is 0.292. The van der Waals surface area contributed by atoms with Crippen LogP contribution in [-0.2, 0) is 0 Å². The summed E-state index contributed by atoms with van der Waals surface area (Å²) < 4.78 is 0. The molecule has 0 atom stereocenters. The van der Waals surface area contributed by atoms with E-state index < -0.39 is 0 Å². The van der Waals surface area contributed by atoms with E-state index in [0.717, 1.165) is 6.42 Å². The summed E-state index contributed by atoms with van der Waals surface area (Å²) in [6.45, 7) is 8.37. The van der Waals surface area contributed by atoms with Crippen molar-refractivity contribution >= 4 is 0 Å². The van der Waals surface area contributed by atoms with Gasteiger partial charge in [-0.25, -0.2) is 0 Å². The summed E-state index contributed by atoms with van der Waals surface area (Å²) in [5.74, 6) is 0.715. The molecule has 1 aliphatic rings. The molecule has 0 saturated heterocycles. The van der Waals surface area contributed by atoms with E-state index in [-0.39, 0.29) is 0 Å². The Labute approximate surface area is 81.5 Å². The molecule has 0 radical (unpaired) electrons. The van der Waals surface area contributed by atoms with E-state index in [1.54, 1.807) is 0 Å². The normalized spacial score (nSPS) is 33.8. The Kier molecular flexibility index (Phi) is 3.14. The zero-order valence-corrected chi connectivity index (χ0v) is 8.77. The molecule has 1 nitrogen and oxygen atoms in total. The van der Waals surface area contributed by atoms with Crippen LogP contribution in [0.15, 0.2) is 12.2 Å². The molecule has 72 valence electrons. The third-order valence-electron chi connectivity index (χ3n) is 3.40. The van der Waals surface area contributed by atoms with Gasteiger partial charge in [-0.3, -0.25) is 0 Å². The standard InChI is InChI=1S/C12H19N/c1-10(2)11-4-6-12(3,7-5-11)8-9-13/h11H,1,4-8H2,2-3H3.